The molecule has 8 nitrogen and oxygen atoms in total. The molecule has 0 aromatic heterocycles. The van der Waals surface area contributed by atoms with E-state index >= 15 is 0 Å². The highest BCUT2D eigenvalue weighted by molar-refractivity contribution is 6.35. The van der Waals surface area contributed by atoms with Crippen molar-refractivity contribution in [2.45, 2.75) is 12.6 Å². The monoisotopic (exact) mass is 480 g/mol. The lowest BCUT2D eigenvalue weighted by molar-refractivity contribution is -0.171. The minimum atomic E-state index is -5.52. The van der Waals surface area contributed by atoms with Gasteiger partial charge in [-0.15, -0.1) is 0 Å². The molecule has 0 unspecified atom stereocenters. The van der Waals surface area contributed by atoms with Crippen molar-refractivity contribution in [3.8, 4) is 0 Å². The van der Waals surface area contributed by atoms with Gasteiger partial charge in [0.15, 0.2) is 5.78 Å². The van der Waals surface area contributed by atoms with Gasteiger partial charge in [0.2, 0.25) is 0 Å². The Morgan fingerprint density at radius 1 is 1.12 bits per heavy atom. The van der Waals surface area contributed by atoms with Crippen LogP contribution in [-0.2, 0) is 25.5 Å². The van der Waals surface area contributed by atoms with Gasteiger partial charge >= 0.3 is 18.1 Å². The highest BCUT2D eigenvalue weighted by Crippen LogP contribution is 2.37. The normalized spacial score (nSPS) is 13.3. The number of carbonyl (C=O) groups is 4. The SMILES string of the molecule is CNc1cc(F)cc2c1CC(=O)C(C(=O)N(C(=O)C(F)(F)F)c1ccc(C(=O)O)cc1)=C2OC. The number of aromatic carboxylic acids is 1. The predicted octanol–water partition coefficient (Wildman–Crippen LogP) is 3.17. The molecule has 2 N–H and O–H groups in total. The number of carboxylic acids is 1. The van der Waals surface area contributed by atoms with Gasteiger partial charge in [0.05, 0.1) is 18.4 Å². The molecule has 0 aliphatic heterocycles. The number of ketones is 1. The van der Waals surface area contributed by atoms with Gasteiger partial charge in [-0.3, -0.25) is 14.4 Å². The van der Waals surface area contributed by atoms with Gasteiger partial charge < -0.3 is 15.2 Å². The molecule has 0 heterocycles. The maximum Gasteiger partial charge on any atom is 0.472 e. The first-order chi connectivity index (χ1) is 15.9. The summed E-state index contributed by atoms with van der Waals surface area (Å²) in [5.41, 5.74) is -1.42. The van der Waals surface area contributed by atoms with E-state index in [1.54, 1.807) is 0 Å². The molecule has 2 amide bonds. The lowest BCUT2D eigenvalue weighted by Gasteiger charge is -2.27. The van der Waals surface area contributed by atoms with E-state index in [-0.39, 0.29) is 27.3 Å². The third-order valence-electron chi connectivity index (χ3n) is 5.01. The van der Waals surface area contributed by atoms with Crippen LogP contribution in [0, 0.1) is 5.82 Å². The van der Waals surface area contributed by atoms with E-state index in [0.29, 0.717) is 0 Å². The van der Waals surface area contributed by atoms with Crippen molar-refractivity contribution in [3.05, 3.63) is 64.5 Å². The van der Waals surface area contributed by atoms with E-state index in [0.717, 1.165) is 43.5 Å². The summed E-state index contributed by atoms with van der Waals surface area (Å²) in [6.07, 6.45) is -6.00. The zero-order valence-corrected chi connectivity index (χ0v) is 17.6. The van der Waals surface area contributed by atoms with Gasteiger partial charge in [0, 0.05) is 24.7 Å². The Labute approximate surface area is 189 Å². The fourth-order valence-electron chi connectivity index (χ4n) is 3.51. The molecule has 0 saturated heterocycles. The van der Waals surface area contributed by atoms with Crippen LogP contribution in [0.2, 0.25) is 0 Å². The lowest BCUT2D eigenvalue weighted by atomic mass is 9.87. The zero-order valence-electron chi connectivity index (χ0n) is 17.6. The summed E-state index contributed by atoms with van der Waals surface area (Å²) in [6.45, 7) is 0. The van der Waals surface area contributed by atoms with Crippen LogP contribution in [0.15, 0.2) is 42.0 Å². The number of imide groups is 1. The van der Waals surface area contributed by atoms with E-state index in [9.17, 15) is 36.7 Å². The first kappa shape index (κ1) is 24.4. The Morgan fingerprint density at radius 2 is 1.74 bits per heavy atom. The zero-order chi connectivity index (χ0) is 25.4. The Balaban J connectivity index is 2.23. The second kappa shape index (κ2) is 8.96. The van der Waals surface area contributed by atoms with Crippen molar-refractivity contribution in [3.63, 3.8) is 0 Å². The number of anilines is 2. The molecule has 2 aromatic rings. The summed E-state index contributed by atoms with van der Waals surface area (Å²) in [5.74, 6) is -7.90. The topological polar surface area (TPSA) is 113 Å². The van der Waals surface area contributed by atoms with Gasteiger partial charge in [-0.05, 0) is 42.0 Å². The summed E-state index contributed by atoms with van der Waals surface area (Å²) in [6, 6.07) is 5.46. The van der Waals surface area contributed by atoms with E-state index in [2.05, 4.69) is 5.32 Å². The van der Waals surface area contributed by atoms with Crippen LogP contribution in [0.1, 0.15) is 21.5 Å². The molecule has 0 fully saturated rings. The molecule has 0 spiro atoms. The number of nitrogens with one attached hydrogen (secondary N) is 1. The number of rotatable bonds is 5. The van der Waals surface area contributed by atoms with Gasteiger partial charge in [0.1, 0.15) is 17.1 Å². The molecule has 0 saturated carbocycles. The molecule has 178 valence electrons. The molecule has 3 rings (SSSR count). The van der Waals surface area contributed by atoms with Gasteiger partial charge in [-0.25, -0.2) is 14.1 Å². The Kier molecular flexibility index (Phi) is 6.44. The minimum absolute atomic E-state index is 0.0459. The van der Waals surface area contributed by atoms with Crippen molar-refractivity contribution in [2.75, 3.05) is 24.4 Å². The highest BCUT2D eigenvalue weighted by atomic mass is 19.4. The largest absolute Gasteiger partial charge is 0.495 e. The van der Waals surface area contributed by atoms with Crippen molar-refractivity contribution in [1.82, 2.24) is 0 Å². The second-order valence-electron chi connectivity index (χ2n) is 7.03. The predicted molar refractivity (Wildman–Crippen MR) is 111 cm³/mol. The Morgan fingerprint density at radius 3 is 2.24 bits per heavy atom. The number of amides is 2. The summed E-state index contributed by atoms with van der Waals surface area (Å²) < 4.78 is 59.3. The molecule has 2 aromatic carbocycles. The van der Waals surface area contributed by atoms with Crippen LogP contribution in [-0.4, -0.2) is 49.0 Å². The number of benzene rings is 2. The quantitative estimate of drug-likeness (QED) is 0.499. The number of hydrogen-bond acceptors (Lipinski definition) is 6. The third-order valence-corrected chi connectivity index (χ3v) is 5.01. The maximum absolute atomic E-state index is 14.1. The molecule has 1 aliphatic rings. The number of alkyl halides is 3. The maximum atomic E-state index is 14.1. The standard InChI is InChI=1S/C22H16F4N2O6/c1-27-15-8-11(23)7-14-13(15)9-16(29)17(18(14)34-2)19(30)28(21(33)22(24,25)26)12-5-3-10(4-6-12)20(31)32/h3-8,27H,9H2,1-2H3,(H,31,32). The number of halogens is 4. The van der Waals surface area contributed by atoms with Crippen LogP contribution < -0.4 is 10.2 Å². The van der Waals surface area contributed by atoms with Crippen LogP contribution in [0.4, 0.5) is 28.9 Å². The van der Waals surface area contributed by atoms with Gasteiger partial charge in [0.25, 0.3) is 5.91 Å². The fourth-order valence-corrected chi connectivity index (χ4v) is 3.51. The summed E-state index contributed by atoms with van der Waals surface area (Å²) in [7, 11) is 2.49. The first-order valence-corrected chi connectivity index (χ1v) is 9.51. The number of carboxylic acid groups (broad SMARTS) is 1. The van der Waals surface area contributed by atoms with Crippen LogP contribution >= 0.6 is 0 Å². The molecule has 1 aliphatic carbocycles. The van der Waals surface area contributed by atoms with E-state index < -0.39 is 59.0 Å². The minimum Gasteiger partial charge on any atom is -0.495 e. The van der Waals surface area contributed by atoms with Crippen LogP contribution in [0.5, 0.6) is 0 Å². The Hall–Kier alpha value is -4.22. The lowest BCUT2D eigenvalue weighted by Crippen LogP contribution is -2.47. The molecule has 12 heteroatoms. The number of Topliss-reactive ketones (excluding diaryl/α,β-unsaturated/α-hetero) is 1. The molecule has 34 heavy (non-hydrogen) atoms. The van der Waals surface area contributed by atoms with Gasteiger partial charge in [-0.1, -0.05) is 0 Å². The van der Waals surface area contributed by atoms with Crippen molar-refractivity contribution >= 4 is 40.7 Å². The first-order valence-electron chi connectivity index (χ1n) is 9.51. The summed E-state index contributed by atoms with van der Waals surface area (Å²) in [5, 5.41) is 11.7. The number of ether oxygens (including phenoxy) is 1. The summed E-state index contributed by atoms with van der Waals surface area (Å²) >= 11 is 0. The average Bonchev–Trinajstić information content (AvgIpc) is 2.77. The van der Waals surface area contributed by atoms with E-state index in [1.165, 1.54) is 7.05 Å². The highest BCUT2D eigenvalue weighted by Gasteiger charge is 2.48. The Bertz CT molecular complexity index is 1240. The van der Waals surface area contributed by atoms with E-state index in [4.69, 9.17) is 9.84 Å². The summed E-state index contributed by atoms with van der Waals surface area (Å²) in [4.78, 5) is 49.1. The molecule has 0 bridgehead atoms. The molecule has 0 radical (unpaired) electrons. The third kappa shape index (κ3) is 4.34. The molecular formula is C22H16F4N2O6. The van der Waals surface area contributed by atoms with Crippen LogP contribution in [0.3, 0.4) is 0 Å². The van der Waals surface area contributed by atoms with Crippen molar-refractivity contribution in [1.29, 1.82) is 0 Å². The number of hydrogen-bond donors (Lipinski definition) is 2. The number of nitrogens with zero attached hydrogens (tertiary/aromatic N) is 1. The molecular weight excluding hydrogens is 464 g/mol. The number of carbonyl (C=O) groups excluding carboxylic acids is 3. The van der Waals surface area contributed by atoms with E-state index in [1.807, 2.05) is 0 Å². The van der Waals surface area contributed by atoms with Crippen LogP contribution in [0.25, 0.3) is 5.76 Å². The molecule has 0 atom stereocenters. The van der Waals surface area contributed by atoms with Gasteiger partial charge in [-0.2, -0.15) is 13.2 Å². The number of methoxy groups -OCH3 is 1. The second-order valence-corrected chi connectivity index (χ2v) is 7.03. The average molecular weight is 480 g/mol. The fraction of sp³-hybridized carbons (Fsp3) is 0.182. The van der Waals surface area contributed by atoms with Crippen molar-refractivity contribution < 1.29 is 46.6 Å². The smallest absolute Gasteiger partial charge is 0.472 e. The van der Waals surface area contributed by atoms with Crippen molar-refractivity contribution in [2.24, 2.45) is 0 Å². The number of fused-ring (bicyclic) bond motifs is 1.